The fourth-order valence-electron chi connectivity index (χ4n) is 4.56. The Bertz CT molecular complexity index is 1590. The fraction of sp³-hybridized carbons (Fsp3) is 0.387. The Morgan fingerprint density at radius 3 is 2.48 bits per heavy atom. The number of imidazole rings is 1. The maximum Gasteiger partial charge on any atom is 0.314 e. The molecule has 0 spiro atoms. The minimum absolute atomic E-state index is 0.0868. The number of ether oxygens (including phenoxy) is 1. The zero-order valence-electron chi connectivity index (χ0n) is 25.1. The topological polar surface area (TPSA) is 164 Å². The first-order valence-electron chi connectivity index (χ1n) is 14.4. The van der Waals surface area contributed by atoms with Gasteiger partial charge in [0.05, 0.1) is 34.4 Å². The van der Waals surface area contributed by atoms with Gasteiger partial charge in [-0.2, -0.15) is 11.8 Å². The van der Waals surface area contributed by atoms with E-state index in [1.54, 1.807) is 0 Å². The molecular weight excluding hydrogens is 601 g/mol. The number of nitrogen functional groups attached to an aromatic ring is 1. The molecule has 13 heteroatoms. The predicted octanol–water partition coefficient (Wildman–Crippen LogP) is 4.70. The average molecular weight is 639 g/mol. The SMILES string of the molecule is CCCCc1nc2c(N)nc3ccccc3c2n1Cc1ccc(NC(=O)[C@@H](N)CSCC(COC(C)=O)SOC(C)=O)cc1. The average Bonchev–Trinajstić information content (AvgIpc) is 3.36. The standard InChI is InChI=1S/C31H38N6O5S2/c1-4-5-10-27-36-28-29(24-8-6-7-9-26(24)35-30(28)33)37(27)15-21-11-13-22(14-12-21)34-31(40)25(32)18-43-17-23(16-41-19(2)38)44-42-20(3)39/h6-9,11-14,23,25H,4-5,10,15-18,32H2,1-3H3,(H2,33,35)(H,34,40)/t23?,25-/m0/s1. The van der Waals surface area contributed by atoms with E-state index in [1.807, 2.05) is 48.5 Å². The fourth-order valence-corrected chi connectivity index (χ4v) is 6.37. The first-order valence-corrected chi connectivity index (χ1v) is 16.4. The number of aromatic nitrogens is 3. The van der Waals surface area contributed by atoms with E-state index in [2.05, 4.69) is 21.8 Å². The quantitative estimate of drug-likeness (QED) is 0.122. The van der Waals surface area contributed by atoms with Crippen molar-refractivity contribution in [3.63, 3.8) is 0 Å². The Morgan fingerprint density at radius 2 is 1.77 bits per heavy atom. The van der Waals surface area contributed by atoms with Crippen LogP contribution in [0.3, 0.4) is 0 Å². The molecule has 11 nitrogen and oxygen atoms in total. The maximum atomic E-state index is 12.8. The third-order valence-corrected chi connectivity index (χ3v) is 9.07. The van der Waals surface area contributed by atoms with Gasteiger partial charge in [-0.25, -0.2) is 9.97 Å². The van der Waals surface area contributed by atoms with Crippen molar-refractivity contribution < 1.29 is 23.3 Å². The van der Waals surface area contributed by atoms with Gasteiger partial charge in [0.1, 0.15) is 17.9 Å². The van der Waals surface area contributed by atoms with E-state index >= 15 is 0 Å². The molecule has 0 aliphatic heterocycles. The molecule has 2 heterocycles. The zero-order valence-corrected chi connectivity index (χ0v) is 26.7. The summed E-state index contributed by atoms with van der Waals surface area (Å²) >= 11 is 2.35. The third-order valence-electron chi connectivity index (χ3n) is 6.72. The second-order valence-corrected chi connectivity index (χ2v) is 12.5. The largest absolute Gasteiger partial charge is 0.465 e. The number of amides is 1. The van der Waals surface area contributed by atoms with E-state index < -0.39 is 18.0 Å². The summed E-state index contributed by atoms with van der Waals surface area (Å²) in [6.45, 7) is 5.45. The molecule has 0 aliphatic carbocycles. The summed E-state index contributed by atoms with van der Waals surface area (Å²) in [5.41, 5.74) is 16.7. The number of hydrogen-bond donors (Lipinski definition) is 3. The number of para-hydroxylation sites is 1. The van der Waals surface area contributed by atoms with E-state index in [0.717, 1.165) is 59.1 Å². The molecule has 1 unspecified atom stereocenters. The van der Waals surface area contributed by atoms with Crippen LogP contribution in [0.2, 0.25) is 0 Å². The minimum Gasteiger partial charge on any atom is -0.465 e. The van der Waals surface area contributed by atoms with Gasteiger partial charge in [-0.05, 0) is 30.2 Å². The Kier molecular flexibility index (Phi) is 11.9. The van der Waals surface area contributed by atoms with Gasteiger partial charge in [-0.3, -0.25) is 14.4 Å². The van der Waals surface area contributed by atoms with Crippen LogP contribution in [0.4, 0.5) is 11.5 Å². The van der Waals surface area contributed by atoms with Crippen LogP contribution < -0.4 is 16.8 Å². The van der Waals surface area contributed by atoms with Crippen LogP contribution in [0.25, 0.3) is 21.9 Å². The first-order chi connectivity index (χ1) is 21.2. The molecule has 5 N–H and O–H groups in total. The van der Waals surface area contributed by atoms with Crippen LogP contribution in [0.5, 0.6) is 0 Å². The molecule has 0 saturated carbocycles. The molecule has 0 bridgehead atoms. The lowest BCUT2D eigenvalue weighted by Crippen LogP contribution is -2.38. The molecule has 0 fully saturated rings. The van der Waals surface area contributed by atoms with Crippen molar-refractivity contribution in [3.8, 4) is 0 Å². The monoisotopic (exact) mass is 638 g/mol. The Balaban J connectivity index is 1.40. The van der Waals surface area contributed by atoms with Crippen molar-refractivity contribution in [1.29, 1.82) is 0 Å². The molecular formula is C31H38N6O5S2. The highest BCUT2D eigenvalue weighted by molar-refractivity contribution is 8.01. The predicted molar refractivity (Wildman–Crippen MR) is 177 cm³/mol. The highest BCUT2D eigenvalue weighted by atomic mass is 32.2. The Labute approximate surface area is 265 Å². The summed E-state index contributed by atoms with van der Waals surface area (Å²) in [7, 11) is 0. The van der Waals surface area contributed by atoms with Crippen LogP contribution in [0, 0.1) is 0 Å². The number of anilines is 2. The van der Waals surface area contributed by atoms with E-state index in [1.165, 1.54) is 25.6 Å². The molecule has 0 radical (unpaired) electrons. The van der Waals surface area contributed by atoms with E-state index in [0.29, 0.717) is 35.1 Å². The second-order valence-electron chi connectivity index (χ2n) is 10.4. The number of fused-ring (bicyclic) bond motifs is 3. The van der Waals surface area contributed by atoms with Gasteiger partial charge in [0.2, 0.25) is 5.91 Å². The lowest BCUT2D eigenvalue weighted by molar-refractivity contribution is -0.140. The second kappa shape index (κ2) is 15.8. The molecule has 44 heavy (non-hydrogen) atoms. The number of esters is 1. The minimum atomic E-state index is -0.765. The summed E-state index contributed by atoms with van der Waals surface area (Å²) < 4.78 is 12.2. The number of thioether (sulfide) groups is 1. The summed E-state index contributed by atoms with van der Waals surface area (Å²) in [6, 6.07) is 14.8. The number of unbranched alkanes of at least 4 members (excludes halogenated alkanes) is 1. The summed E-state index contributed by atoms with van der Waals surface area (Å²) in [5.74, 6) is 1.02. The van der Waals surface area contributed by atoms with E-state index in [9.17, 15) is 14.4 Å². The summed E-state index contributed by atoms with van der Waals surface area (Å²) in [6.07, 6.45) is 2.89. The number of pyridine rings is 1. The summed E-state index contributed by atoms with van der Waals surface area (Å²) in [5, 5.41) is 3.61. The number of carbonyl (C=O) groups is 3. The van der Waals surface area contributed by atoms with Crippen LogP contribution in [-0.2, 0) is 36.3 Å². The lowest BCUT2D eigenvalue weighted by atomic mass is 10.1. The number of rotatable bonds is 15. The van der Waals surface area contributed by atoms with Crippen molar-refractivity contribution in [2.24, 2.45) is 5.73 Å². The van der Waals surface area contributed by atoms with Gasteiger partial charge in [0, 0.05) is 49.4 Å². The van der Waals surface area contributed by atoms with Crippen LogP contribution in [-0.4, -0.2) is 61.8 Å². The molecule has 0 saturated heterocycles. The summed E-state index contributed by atoms with van der Waals surface area (Å²) in [4.78, 5) is 44.6. The van der Waals surface area contributed by atoms with Crippen LogP contribution >= 0.6 is 23.8 Å². The molecule has 1 amide bonds. The van der Waals surface area contributed by atoms with E-state index in [-0.39, 0.29) is 17.8 Å². The van der Waals surface area contributed by atoms with E-state index in [4.69, 9.17) is 25.4 Å². The van der Waals surface area contributed by atoms with Gasteiger partial charge in [0.25, 0.3) is 0 Å². The van der Waals surface area contributed by atoms with Crippen molar-refractivity contribution in [1.82, 2.24) is 14.5 Å². The van der Waals surface area contributed by atoms with Crippen LogP contribution in [0.15, 0.2) is 48.5 Å². The number of nitrogens with two attached hydrogens (primary N) is 2. The van der Waals surface area contributed by atoms with Gasteiger partial charge >= 0.3 is 11.9 Å². The third kappa shape index (κ3) is 8.87. The highest BCUT2D eigenvalue weighted by Gasteiger charge is 2.20. The number of carbonyl (C=O) groups excluding carboxylic acids is 3. The number of hydrogen-bond acceptors (Lipinski definition) is 11. The Hall–Kier alpha value is -3.81. The number of nitrogens with one attached hydrogen (secondary N) is 1. The van der Waals surface area contributed by atoms with Gasteiger partial charge in [-0.1, -0.05) is 43.7 Å². The Morgan fingerprint density at radius 1 is 1.02 bits per heavy atom. The highest BCUT2D eigenvalue weighted by Crippen LogP contribution is 2.30. The number of aryl methyl sites for hydroxylation is 1. The van der Waals surface area contributed by atoms with Crippen molar-refractivity contribution in [3.05, 3.63) is 59.9 Å². The molecule has 4 rings (SSSR count). The number of nitrogens with zero attached hydrogens (tertiary/aromatic N) is 3. The molecule has 4 aromatic rings. The smallest absolute Gasteiger partial charge is 0.314 e. The molecule has 2 aromatic heterocycles. The maximum absolute atomic E-state index is 12.8. The zero-order chi connectivity index (χ0) is 31.6. The lowest BCUT2D eigenvalue weighted by Gasteiger charge is -2.16. The molecule has 2 atom stereocenters. The van der Waals surface area contributed by atoms with Gasteiger partial charge < -0.3 is 30.3 Å². The normalized spacial score (nSPS) is 12.6. The van der Waals surface area contributed by atoms with Crippen molar-refractivity contribution in [2.75, 3.05) is 29.2 Å². The van der Waals surface area contributed by atoms with Crippen LogP contribution in [0.1, 0.15) is 45.0 Å². The molecule has 2 aromatic carbocycles. The van der Waals surface area contributed by atoms with Crippen molar-refractivity contribution >= 4 is 75.1 Å². The van der Waals surface area contributed by atoms with Crippen molar-refractivity contribution in [2.45, 2.75) is 57.9 Å². The molecule has 0 aliphatic rings. The van der Waals surface area contributed by atoms with Gasteiger partial charge in [-0.15, -0.1) is 0 Å². The molecule has 234 valence electrons. The van der Waals surface area contributed by atoms with Gasteiger partial charge in [0.15, 0.2) is 5.82 Å². The number of benzene rings is 2. The first kappa shape index (κ1) is 33.1.